The molecule has 0 bridgehead atoms. The van der Waals surface area contributed by atoms with Gasteiger partial charge in [0.2, 0.25) is 0 Å². The number of hydrogen-bond donors (Lipinski definition) is 1. The van der Waals surface area contributed by atoms with E-state index in [1.807, 2.05) is 25.7 Å². The summed E-state index contributed by atoms with van der Waals surface area (Å²) >= 11 is 5.35. The number of rotatable bonds is 4. The van der Waals surface area contributed by atoms with Crippen LogP contribution < -0.4 is 5.32 Å². The Morgan fingerprint density at radius 1 is 1.59 bits per heavy atom. The van der Waals surface area contributed by atoms with E-state index in [2.05, 4.69) is 43.2 Å². The number of aromatic nitrogens is 2. The van der Waals surface area contributed by atoms with Gasteiger partial charge in [-0.1, -0.05) is 0 Å². The van der Waals surface area contributed by atoms with Crippen LogP contribution in [0.25, 0.3) is 0 Å². The van der Waals surface area contributed by atoms with E-state index in [4.69, 9.17) is 0 Å². The lowest BCUT2D eigenvalue weighted by Gasteiger charge is -2.15. The number of nitrogens with zero attached hydrogens (tertiary/aromatic N) is 2. The van der Waals surface area contributed by atoms with Crippen molar-refractivity contribution in [3.63, 3.8) is 0 Å². The predicted octanol–water partition coefficient (Wildman–Crippen LogP) is 3.06. The van der Waals surface area contributed by atoms with Gasteiger partial charge in [0.05, 0.1) is 15.9 Å². The third kappa shape index (κ3) is 2.61. The normalized spacial score (nSPS) is 12.9. The number of halogens is 1. The average Bonchev–Trinajstić information content (AvgIpc) is 2.89. The molecule has 2 rings (SSSR count). The highest BCUT2D eigenvalue weighted by Crippen LogP contribution is 2.26. The van der Waals surface area contributed by atoms with Crippen molar-refractivity contribution in [3.8, 4) is 0 Å². The molecule has 92 valence electrons. The Kier molecular flexibility index (Phi) is 4.01. The maximum Gasteiger partial charge on any atom is 0.0738 e. The van der Waals surface area contributed by atoms with Gasteiger partial charge in [0.25, 0.3) is 0 Å². The molecule has 0 fully saturated rings. The fraction of sp³-hybridized carbons (Fsp3) is 0.417. The molecule has 17 heavy (non-hydrogen) atoms. The average molecular weight is 314 g/mol. The summed E-state index contributed by atoms with van der Waals surface area (Å²) in [7, 11) is 3.99. The molecule has 0 aliphatic carbocycles. The van der Waals surface area contributed by atoms with Crippen LogP contribution in [0.1, 0.15) is 23.0 Å². The van der Waals surface area contributed by atoms with E-state index >= 15 is 0 Å². The topological polar surface area (TPSA) is 29.9 Å². The van der Waals surface area contributed by atoms with E-state index in [-0.39, 0.29) is 0 Å². The van der Waals surface area contributed by atoms with E-state index < -0.39 is 0 Å². The molecule has 2 heterocycles. The maximum atomic E-state index is 4.42. The minimum absolute atomic E-state index is 0.340. The van der Waals surface area contributed by atoms with Gasteiger partial charge in [0, 0.05) is 19.5 Å². The molecule has 2 aromatic rings. The van der Waals surface area contributed by atoms with Gasteiger partial charge in [0.15, 0.2) is 0 Å². The van der Waals surface area contributed by atoms with Crippen molar-refractivity contribution in [2.24, 2.45) is 7.05 Å². The molecule has 0 saturated carbocycles. The second-order valence-electron chi connectivity index (χ2n) is 4.07. The smallest absolute Gasteiger partial charge is 0.0738 e. The zero-order chi connectivity index (χ0) is 12.4. The van der Waals surface area contributed by atoms with Crippen LogP contribution in [0.5, 0.6) is 0 Å². The van der Waals surface area contributed by atoms with Crippen molar-refractivity contribution < 1.29 is 0 Å². The second-order valence-corrected chi connectivity index (χ2v) is 5.64. The Morgan fingerprint density at radius 3 is 2.82 bits per heavy atom. The fourth-order valence-electron chi connectivity index (χ4n) is 1.96. The largest absolute Gasteiger partial charge is 0.313 e. The number of likely N-dealkylation sites (N-methyl/N-ethyl adjacent to an activating group) is 1. The van der Waals surface area contributed by atoms with E-state index in [1.165, 1.54) is 11.3 Å². The first-order valence-electron chi connectivity index (χ1n) is 5.50. The Labute approximate surface area is 114 Å². The monoisotopic (exact) mass is 313 g/mol. The zero-order valence-corrected chi connectivity index (χ0v) is 12.6. The lowest BCUT2D eigenvalue weighted by atomic mass is 10.1. The van der Waals surface area contributed by atoms with Crippen LogP contribution in [0, 0.1) is 6.92 Å². The van der Waals surface area contributed by atoms with Crippen LogP contribution in [-0.2, 0) is 13.5 Å². The van der Waals surface area contributed by atoms with E-state index in [0.29, 0.717) is 6.04 Å². The standard InChI is InChI=1S/C12H16BrN3S/c1-8-12(13)11(16(3)15-8)6-10(14-2)9-4-5-17-7-9/h4-5,7,10,14H,6H2,1-3H3. The summed E-state index contributed by atoms with van der Waals surface area (Å²) in [6, 6.07) is 2.51. The number of thiophene rings is 1. The minimum atomic E-state index is 0.340. The molecule has 3 nitrogen and oxygen atoms in total. The van der Waals surface area contributed by atoms with Gasteiger partial charge in [-0.2, -0.15) is 16.4 Å². The molecule has 0 saturated heterocycles. The van der Waals surface area contributed by atoms with Crippen molar-refractivity contribution in [1.29, 1.82) is 0 Å². The van der Waals surface area contributed by atoms with Crippen molar-refractivity contribution in [2.45, 2.75) is 19.4 Å². The van der Waals surface area contributed by atoms with Crippen molar-refractivity contribution in [2.75, 3.05) is 7.05 Å². The van der Waals surface area contributed by atoms with Gasteiger partial charge in [-0.25, -0.2) is 0 Å². The molecular formula is C12H16BrN3S. The van der Waals surface area contributed by atoms with Crippen LogP contribution in [0.15, 0.2) is 21.3 Å². The molecular weight excluding hydrogens is 298 g/mol. The summed E-state index contributed by atoms with van der Waals surface area (Å²) in [5, 5.41) is 12.1. The van der Waals surface area contributed by atoms with E-state index in [1.54, 1.807) is 11.3 Å². The third-order valence-electron chi connectivity index (χ3n) is 2.95. The highest BCUT2D eigenvalue weighted by atomic mass is 79.9. The quantitative estimate of drug-likeness (QED) is 0.940. The molecule has 1 atom stereocenters. The minimum Gasteiger partial charge on any atom is -0.313 e. The van der Waals surface area contributed by atoms with Gasteiger partial charge in [-0.3, -0.25) is 4.68 Å². The molecule has 1 unspecified atom stereocenters. The van der Waals surface area contributed by atoms with Crippen molar-refractivity contribution in [1.82, 2.24) is 15.1 Å². The number of aryl methyl sites for hydroxylation is 2. The SMILES string of the molecule is CNC(Cc1c(Br)c(C)nn1C)c1ccsc1. The van der Waals surface area contributed by atoms with Crippen LogP contribution in [-0.4, -0.2) is 16.8 Å². The van der Waals surface area contributed by atoms with Crippen LogP contribution in [0.4, 0.5) is 0 Å². The zero-order valence-electron chi connectivity index (χ0n) is 10.2. The second kappa shape index (κ2) is 5.33. The van der Waals surface area contributed by atoms with Gasteiger partial charge >= 0.3 is 0 Å². The van der Waals surface area contributed by atoms with Crippen molar-refractivity contribution in [3.05, 3.63) is 38.3 Å². The highest BCUT2D eigenvalue weighted by molar-refractivity contribution is 9.10. The van der Waals surface area contributed by atoms with Crippen molar-refractivity contribution >= 4 is 27.3 Å². The molecule has 0 aliphatic rings. The Bertz CT molecular complexity index is 490. The Balaban J connectivity index is 2.24. The predicted molar refractivity (Wildman–Crippen MR) is 75.5 cm³/mol. The Morgan fingerprint density at radius 2 is 2.35 bits per heavy atom. The van der Waals surface area contributed by atoms with Crippen LogP contribution >= 0.6 is 27.3 Å². The molecule has 0 spiro atoms. The molecule has 0 radical (unpaired) electrons. The summed E-state index contributed by atoms with van der Waals surface area (Å²) in [4.78, 5) is 0. The van der Waals surface area contributed by atoms with Gasteiger partial charge in [0.1, 0.15) is 0 Å². The summed E-state index contributed by atoms with van der Waals surface area (Å²) in [5.41, 5.74) is 3.61. The van der Waals surface area contributed by atoms with Crippen LogP contribution in [0.3, 0.4) is 0 Å². The maximum absolute atomic E-state index is 4.42. The van der Waals surface area contributed by atoms with Gasteiger partial charge in [-0.15, -0.1) is 0 Å². The summed E-state index contributed by atoms with van der Waals surface area (Å²) in [5.74, 6) is 0. The van der Waals surface area contributed by atoms with Gasteiger partial charge < -0.3 is 5.32 Å². The summed E-state index contributed by atoms with van der Waals surface area (Å²) < 4.78 is 3.08. The molecule has 0 aliphatic heterocycles. The van der Waals surface area contributed by atoms with E-state index in [9.17, 15) is 0 Å². The molecule has 0 aromatic carbocycles. The Hall–Kier alpha value is -0.650. The molecule has 1 N–H and O–H groups in total. The lowest BCUT2D eigenvalue weighted by molar-refractivity contribution is 0.561. The lowest BCUT2D eigenvalue weighted by Crippen LogP contribution is -2.19. The first-order chi connectivity index (χ1) is 8.13. The molecule has 5 heteroatoms. The highest BCUT2D eigenvalue weighted by Gasteiger charge is 2.17. The third-order valence-corrected chi connectivity index (χ3v) is 4.69. The number of nitrogens with one attached hydrogen (secondary N) is 1. The van der Waals surface area contributed by atoms with Gasteiger partial charge in [-0.05, 0) is 52.3 Å². The summed E-state index contributed by atoms with van der Waals surface area (Å²) in [6.07, 6.45) is 0.936. The van der Waals surface area contributed by atoms with E-state index in [0.717, 1.165) is 16.6 Å². The summed E-state index contributed by atoms with van der Waals surface area (Å²) in [6.45, 7) is 2.02. The van der Waals surface area contributed by atoms with Crippen LogP contribution in [0.2, 0.25) is 0 Å². The first kappa shape index (κ1) is 12.8. The fourth-order valence-corrected chi connectivity index (χ4v) is 3.17. The first-order valence-corrected chi connectivity index (χ1v) is 7.24. The molecule has 0 amide bonds. The number of hydrogen-bond acceptors (Lipinski definition) is 3. The molecule has 2 aromatic heterocycles.